The average Bonchev–Trinajstić information content (AvgIpc) is 2.38. The van der Waals surface area contributed by atoms with Crippen LogP contribution in [0.3, 0.4) is 0 Å². The van der Waals surface area contributed by atoms with Gasteiger partial charge in [-0.05, 0) is 56.8 Å². The van der Waals surface area contributed by atoms with Crippen LogP contribution < -0.4 is 0 Å². The van der Waals surface area contributed by atoms with Crippen molar-refractivity contribution in [1.82, 2.24) is 0 Å². The first-order valence-electron chi connectivity index (χ1n) is 8.24. The van der Waals surface area contributed by atoms with Gasteiger partial charge in [0.2, 0.25) is 0 Å². The molecule has 2 saturated carbocycles. The highest BCUT2D eigenvalue weighted by Crippen LogP contribution is 2.50. The first-order valence-corrected chi connectivity index (χ1v) is 8.24. The fourth-order valence-corrected chi connectivity index (χ4v) is 4.27. The number of rotatable bonds is 3. The molecule has 0 aromatic heterocycles. The van der Waals surface area contributed by atoms with Crippen LogP contribution in [0.2, 0.25) is 0 Å². The Morgan fingerprint density at radius 1 is 1.10 bits per heavy atom. The number of esters is 1. The summed E-state index contributed by atoms with van der Waals surface area (Å²) in [7, 11) is 0. The zero-order chi connectivity index (χ0) is 14.8. The molecule has 1 unspecified atom stereocenters. The van der Waals surface area contributed by atoms with E-state index in [1.807, 2.05) is 0 Å². The van der Waals surface area contributed by atoms with Gasteiger partial charge in [-0.15, -0.1) is 0 Å². The average molecular weight is 278 g/mol. The summed E-state index contributed by atoms with van der Waals surface area (Å²) in [6, 6.07) is 0. The fourth-order valence-electron chi connectivity index (χ4n) is 4.27. The second-order valence-corrected chi connectivity index (χ2v) is 7.76. The van der Waals surface area contributed by atoms with E-state index in [-0.39, 0.29) is 17.0 Å². The zero-order valence-electron chi connectivity index (χ0n) is 13.5. The van der Waals surface area contributed by atoms with Crippen LogP contribution in [0, 0.1) is 11.3 Å². The highest BCUT2D eigenvalue weighted by atomic mass is 16.6. The maximum atomic E-state index is 12.1. The minimum absolute atomic E-state index is 0.187. The largest absolute Gasteiger partial charge is 0.455 e. The summed E-state index contributed by atoms with van der Waals surface area (Å²) in [5.74, 6) is 0.368. The molecule has 2 rings (SSSR count). The maximum Gasteiger partial charge on any atom is 0.333 e. The molecule has 2 aliphatic rings. The van der Waals surface area contributed by atoms with Gasteiger partial charge in [0.25, 0.3) is 0 Å². The molecule has 0 saturated heterocycles. The quantitative estimate of drug-likeness (QED) is 0.535. The number of carbonyl (C=O) groups excluding carboxylic acids is 1. The molecule has 0 heterocycles. The second-order valence-electron chi connectivity index (χ2n) is 7.76. The lowest BCUT2D eigenvalue weighted by atomic mass is 9.62. The van der Waals surface area contributed by atoms with Crippen LogP contribution in [-0.2, 0) is 9.53 Å². The zero-order valence-corrected chi connectivity index (χ0v) is 13.5. The Morgan fingerprint density at radius 3 is 2.30 bits per heavy atom. The van der Waals surface area contributed by atoms with E-state index in [9.17, 15) is 4.79 Å². The Balaban J connectivity index is 2.22. The van der Waals surface area contributed by atoms with Crippen molar-refractivity contribution in [2.24, 2.45) is 11.3 Å². The Bertz CT molecular complexity index is 377. The topological polar surface area (TPSA) is 26.3 Å². The summed E-state index contributed by atoms with van der Waals surface area (Å²) in [5.41, 5.74) is 0.590. The molecule has 0 radical (unpaired) electrons. The van der Waals surface area contributed by atoms with Gasteiger partial charge in [-0.2, -0.15) is 0 Å². The normalized spacial score (nSPS) is 30.8. The molecule has 0 aliphatic heterocycles. The highest BCUT2D eigenvalue weighted by Gasteiger charge is 2.48. The summed E-state index contributed by atoms with van der Waals surface area (Å²) in [6.45, 7) is 10.1. The molecule has 114 valence electrons. The van der Waals surface area contributed by atoms with Gasteiger partial charge in [0, 0.05) is 5.57 Å². The van der Waals surface area contributed by atoms with E-state index < -0.39 is 0 Å². The van der Waals surface area contributed by atoms with Gasteiger partial charge in [0.15, 0.2) is 0 Å². The molecule has 2 heteroatoms. The van der Waals surface area contributed by atoms with Gasteiger partial charge in [-0.3, -0.25) is 0 Å². The minimum Gasteiger partial charge on any atom is -0.455 e. The Morgan fingerprint density at radius 2 is 1.75 bits per heavy atom. The van der Waals surface area contributed by atoms with Gasteiger partial charge in [-0.1, -0.05) is 39.7 Å². The lowest BCUT2D eigenvalue weighted by molar-refractivity contribution is -0.175. The highest BCUT2D eigenvalue weighted by molar-refractivity contribution is 5.87. The molecule has 0 amide bonds. The molecule has 0 N–H and O–H groups in total. The maximum absolute atomic E-state index is 12.1. The number of carbonyl (C=O) groups is 1. The van der Waals surface area contributed by atoms with E-state index in [4.69, 9.17) is 4.74 Å². The van der Waals surface area contributed by atoms with Crippen LogP contribution in [-0.4, -0.2) is 11.6 Å². The molecular formula is C18H30O2. The summed E-state index contributed by atoms with van der Waals surface area (Å²) in [5, 5.41) is 0. The van der Waals surface area contributed by atoms with Gasteiger partial charge in [0.1, 0.15) is 5.60 Å². The standard InChI is InChI=1S/C18H30O2/c1-14(2)16(19)20-18(15-9-6-5-7-10-15)12-8-11-17(3,4)13-18/h15H,1,5-13H2,2-4H3. The summed E-state index contributed by atoms with van der Waals surface area (Å²) in [6.07, 6.45) is 10.8. The molecule has 0 aromatic carbocycles. The molecular weight excluding hydrogens is 248 g/mol. The predicted octanol–water partition coefficient (Wildman–Crippen LogP) is 5.03. The molecule has 1 atom stereocenters. The van der Waals surface area contributed by atoms with Crippen LogP contribution in [0.25, 0.3) is 0 Å². The van der Waals surface area contributed by atoms with E-state index in [1.54, 1.807) is 6.92 Å². The predicted molar refractivity (Wildman–Crippen MR) is 82.5 cm³/mol. The van der Waals surface area contributed by atoms with Crippen molar-refractivity contribution >= 4 is 5.97 Å². The summed E-state index contributed by atoms with van der Waals surface area (Å²) < 4.78 is 6.08. The first-order chi connectivity index (χ1) is 9.35. The first kappa shape index (κ1) is 15.6. The Labute approximate surface area is 124 Å². The molecule has 0 aromatic rings. The molecule has 0 bridgehead atoms. The third kappa shape index (κ3) is 3.45. The third-order valence-electron chi connectivity index (χ3n) is 5.22. The lowest BCUT2D eigenvalue weighted by Gasteiger charge is -2.49. The number of ether oxygens (including phenoxy) is 1. The van der Waals surface area contributed by atoms with Crippen LogP contribution in [0.15, 0.2) is 12.2 Å². The van der Waals surface area contributed by atoms with Crippen LogP contribution in [0.5, 0.6) is 0 Å². The van der Waals surface area contributed by atoms with E-state index in [1.165, 1.54) is 44.9 Å². The molecule has 2 aliphatic carbocycles. The van der Waals surface area contributed by atoms with Gasteiger partial charge < -0.3 is 4.74 Å². The van der Waals surface area contributed by atoms with E-state index in [0.717, 1.165) is 12.8 Å². The van der Waals surface area contributed by atoms with Crippen molar-refractivity contribution in [1.29, 1.82) is 0 Å². The third-order valence-corrected chi connectivity index (χ3v) is 5.22. The minimum atomic E-state index is -0.224. The van der Waals surface area contributed by atoms with Crippen molar-refractivity contribution in [2.45, 2.75) is 84.2 Å². The van der Waals surface area contributed by atoms with Crippen molar-refractivity contribution in [3.8, 4) is 0 Å². The van der Waals surface area contributed by atoms with Gasteiger partial charge in [0.05, 0.1) is 0 Å². The number of hydrogen-bond acceptors (Lipinski definition) is 2. The lowest BCUT2D eigenvalue weighted by Crippen LogP contribution is -2.49. The smallest absolute Gasteiger partial charge is 0.333 e. The Hall–Kier alpha value is -0.790. The van der Waals surface area contributed by atoms with Gasteiger partial charge >= 0.3 is 5.97 Å². The van der Waals surface area contributed by atoms with Gasteiger partial charge in [-0.25, -0.2) is 4.79 Å². The van der Waals surface area contributed by atoms with E-state index in [2.05, 4.69) is 20.4 Å². The van der Waals surface area contributed by atoms with Crippen molar-refractivity contribution in [3.05, 3.63) is 12.2 Å². The van der Waals surface area contributed by atoms with Crippen LogP contribution in [0.4, 0.5) is 0 Å². The van der Waals surface area contributed by atoms with Crippen molar-refractivity contribution in [2.75, 3.05) is 0 Å². The van der Waals surface area contributed by atoms with Crippen molar-refractivity contribution in [3.63, 3.8) is 0 Å². The van der Waals surface area contributed by atoms with Crippen LogP contribution >= 0.6 is 0 Å². The molecule has 20 heavy (non-hydrogen) atoms. The monoisotopic (exact) mass is 278 g/mol. The van der Waals surface area contributed by atoms with Crippen LogP contribution in [0.1, 0.15) is 78.6 Å². The summed E-state index contributed by atoms with van der Waals surface area (Å²) >= 11 is 0. The second kappa shape index (κ2) is 5.91. The molecule has 2 fully saturated rings. The Kier molecular flexibility index (Phi) is 4.61. The number of hydrogen-bond donors (Lipinski definition) is 0. The SMILES string of the molecule is C=C(C)C(=O)OC1(C2CCCCC2)CCCC(C)(C)C1. The fraction of sp³-hybridized carbons (Fsp3) is 0.833. The van der Waals surface area contributed by atoms with Crippen molar-refractivity contribution < 1.29 is 9.53 Å². The summed E-state index contributed by atoms with van der Waals surface area (Å²) in [4.78, 5) is 12.1. The molecule has 2 nitrogen and oxygen atoms in total. The van der Waals surface area contributed by atoms with E-state index in [0.29, 0.717) is 11.5 Å². The molecule has 0 spiro atoms. The van der Waals surface area contributed by atoms with E-state index >= 15 is 0 Å².